The minimum Gasteiger partial charge on any atom is -0.452 e. The van der Waals surface area contributed by atoms with Crippen molar-refractivity contribution in [3.05, 3.63) is 28.6 Å². The maximum Gasteiger partial charge on any atom is 0.321 e. The van der Waals surface area contributed by atoms with E-state index in [9.17, 15) is 14.4 Å². The highest BCUT2D eigenvalue weighted by atomic mass is 32.1. The van der Waals surface area contributed by atoms with Crippen LogP contribution in [-0.2, 0) is 20.7 Å². The molecule has 0 unspecified atom stereocenters. The van der Waals surface area contributed by atoms with E-state index in [1.165, 1.54) is 18.3 Å². The second kappa shape index (κ2) is 8.41. The summed E-state index contributed by atoms with van der Waals surface area (Å²) in [7, 11) is 0. The molecule has 2 N–H and O–H groups in total. The maximum atomic E-state index is 12.0. The molecule has 0 aliphatic rings. The molecule has 0 saturated heterocycles. The number of amides is 3. The number of thiophene rings is 1. The molecule has 9 heteroatoms. The molecule has 0 radical (unpaired) electrons. The van der Waals surface area contributed by atoms with Crippen LogP contribution in [0.25, 0.3) is 9.88 Å². The van der Waals surface area contributed by atoms with Gasteiger partial charge in [0.1, 0.15) is 5.01 Å². The van der Waals surface area contributed by atoms with Gasteiger partial charge in [0.25, 0.3) is 5.91 Å². The Labute approximate surface area is 159 Å². The van der Waals surface area contributed by atoms with Crippen molar-refractivity contribution < 1.29 is 19.1 Å². The third-order valence-electron chi connectivity index (χ3n) is 3.01. The van der Waals surface area contributed by atoms with Crippen molar-refractivity contribution in [1.82, 2.24) is 15.6 Å². The fourth-order valence-electron chi connectivity index (χ4n) is 1.93. The van der Waals surface area contributed by atoms with Gasteiger partial charge in [0.15, 0.2) is 6.10 Å². The second-order valence-electron chi connectivity index (χ2n) is 6.62. The van der Waals surface area contributed by atoms with Gasteiger partial charge in [-0.1, -0.05) is 6.07 Å². The summed E-state index contributed by atoms with van der Waals surface area (Å²) in [5.41, 5.74) is 0.108. The Kier molecular flexibility index (Phi) is 6.49. The highest BCUT2D eigenvalue weighted by molar-refractivity contribution is 7.20. The molecule has 0 aliphatic heterocycles. The number of nitrogens with one attached hydrogen (secondary N) is 2. The highest BCUT2D eigenvalue weighted by Crippen LogP contribution is 2.27. The summed E-state index contributed by atoms with van der Waals surface area (Å²) in [6, 6.07) is 3.26. The van der Waals surface area contributed by atoms with Crippen molar-refractivity contribution in [2.24, 2.45) is 0 Å². The molecule has 1 atom stereocenters. The number of nitrogens with zero attached hydrogens (tertiary/aromatic N) is 1. The normalized spacial score (nSPS) is 12.3. The van der Waals surface area contributed by atoms with Crippen LogP contribution >= 0.6 is 22.7 Å². The Bertz CT molecular complexity index is 778. The molecule has 0 aliphatic carbocycles. The number of rotatable bonds is 5. The van der Waals surface area contributed by atoms with Crippen molar-refractivity contribution in [3.63, 3.8) is 0 Å². The molecule has 2 aromatic rings. The number of hydrogen-bond donors (Lipinski definition) is 2. The van der Waals surface area contributed by atoms with E-state index in [0.29, 0.717) is 5.69 Å². The van der Waals surface area contributed by atoms with E-state index in [-0.39, 0.29) is 6.42 Å². The summed E-state index contributed by atoms with van der Waals surface area (Å²) >= 11 is 3.02. The van der Waals surface area contributed by atoms with E-state index >= 15 is 0 Å². The lowest BCUT2D eigenvalue weighted by Gasteiger charge is -2.21. The first-order valence-electron chi connectivity index (χ1n) is 7.95. The smallest absolute Gasteiger partial charge is 0.321 e. The van der Waals surface area contributed by atoms with Crippen LogP contribution in [0.1, 0.15) is 33.4 Å². The summed E-state index contributed by atoms with van der Waals surface area (Å²) in [5, 5.41) is 9.33. The molecule has 26 heavy (non-hydrogen) atoms. The number of thiazole rings is 1. The van der Waals surface area contributed by atoms with Gasteiger partial charge in [-0.05, 0) is 39.1 Å². The lowest BCUT2D eigenvalue weighted by atomic mass is 10.1. The molecule has 2 rings (SSSR count). The lowest BCUT2D eigenvalue weighted by Crippen LogP contribution is -2.50. The number of carbonyl (C=O) groups excluding carboxylic acids is 3. The third-order valence-corrected chi connectivity index (χ3v) is 4.94. The Morgan fingerprint density at radius 1 is 1.27 bits per heavy atom. The first-order valence-corrected chi connectivity index (χ1v) is 9.71. The molecule has 0 spiro atoms. The topological polar surface area (TPSA) is 97.4 Å². The van der Waals surface area contributed by atoms with E-state index in [2.05, 4.69) is 15.6 Å². The van der Waals surface area contributed by atoms with Crippen LogP contribution in [0.2, 0.25) is 0 Å². The number of ether oxygens (including phenoxy) is 1. The highest BCUT2D eigenvalue weighted by Gasteiger charge is 2.22. The van der Waals surface area contributed by atoms with Crippen LogP contribution < -0.4 is 10.6 Å². The van der Waals surface area contributed by atoms with Gasteiger partial charge in [0, 0.05) is 10.9 Å². The lowest BCUT2D eigenvalue weighted by molar-refractivity contribution is -0.153. The molecule has 0 saturated carbocycles. The molecule has 2 aromatic heterocycles. The van der Waals surface area contributed by atoms with Crippen molar-refractivity contribution in [1.29, 1.82) is 0 Å². The Hall–Kier alpha value is -2.26. The van der Waals surface area contributed by atoms with Crippen LogP contribution in [0.15, 0.2) is 22.9 Å². The maximum absolute atomic E-state index is 12.0. The zero-order chi connectivity index (χ0) is 19.3. The number of esters is 1. The number of carbonyl (C=O) groups is 3. The molecule has 2 heterocycles. The largest absolute Gasteiger partial charge is 0.452 e. The summed E-state index contributed by atoms with van der Waals surface area (Å²) in [5.74, 6) is -1.26. The van der Waals surface area contributed by atoms with Crippen molar-refractivity contribution in [2.75, 3.05) is 0 Å². The molecule has 7 nitrogen and oxygen atoms in total. The van der Waals surface area contributed by atoms with E-state index in [0.717, 1.165) is 9.88 Å². The number of urea groups is 1. The summed E-state index contributed by atoms with van der Waals surface area (Å²) in [6.45, 7) is 6.78. The molecular formula is C17H21N3O4S2. The van der Waals surface area contributed by atoms with Gasteiger partial charge < -0.3 is 10.1 Å². The Morgan fingerprint density at radius 2 is 2.00 bits per heavy atom. The van der Waals surface area contributed by atoms with Gasteiger partial charge in [0.05, 0.1) is 17.0 Å². The van der Waals surface area contributed by atoms with Crippen LogP contribution in [0.3, 0.4) is 0 Å². The standard InChI is InChI=1S/C17H21N3O4S2/c1-10(14(22)19-16(23)20-17(2,3)4)24-13(21)8-11-9-26-15(18-11)12-6-5-7-25-12/h5-7,9-10H,8H2,1-4H3,(H2,19,20,22,23)/t10-/m1/s1. The van der Waals surface area contributed by atoms with Gasteiger partial charge in [0.2, 0.25) is 0 Å². The average molecular weight is 396 g/mol. The number of aromatic nitrogens is 1. The van der Waals surface area contributed by atoms with E-state index in [4.69, 9.17) is 4.74 Å². The van der Waals surface area contributed by atoms with Gasteiger partial charge in [-0.3, -0.25) is 14.9 Å². The van der Waals surface area contributed by atoms with Crippen molar-refractivity contribution in [2.45, 2.75) is 45.8 Å². The third kappa shape index (κ3) is 6.23. The summed E-state index contributed by atoms with van der Waals surface area (Å²) in [6.07, 6.45) is -1.11. The van der Waals surface area contributed by atoms with Crippen LogP contribution in [0, 0.1) is 0 Å². The molecule has 3 amide bonds. The Balaban J connectivity index is 1.83. The molecular weight excluding hydrogens is 374 g/mol. The summed E-state index contributed by atoms with van der Waals surface area (Å²) < 4.78 is 5.08. The van der Waals surface area contributed by atoms with E-state index in [1.54, 1.807) is 37.5 Å². The SMILES string of the molecule is C[C@@H](OC(=O)Cc1csc(-c2cccs2)n1)C(=O)NC(=O)NC(C)(C)C. The van der Waals surface area contributed by atoms with Gasteiger partial charge >= 0.3 is 12.0 Å². The predicted octanol–water partition coefficient (Wildman–Crippen LogP) is 2.97. The quantitative estimate of drug-likeness (QED) is 0.759. The minimum absolute atomic E-state index is 0.0340. The molecule has 0 fully saturated rings. The monoisotopic (exact) mass is 395 g/mol. The zero-order valence-corrected chi connectivity index (χ0v) is 16.6. The second-order valence-corrected chi connectivity index (χ2v) is 8.43. The van der Waals surface area contributed by atoms with Gasteiger partial charge in [-0.25, -0.2) is 9.78 Å². The van der Waals surface area contributed by atoms with Crippen LogP contribution in [-0.4, -0.2) is 34.5 Å². The first kappa shape index (κ1) is 20.1. The fourth-order valence-corrected chi connectivity index (χ4v) is 3.56. The van der Waals surface area contributed by atoms with E-state index < -0.39 is 29.6 Å². The molecule has 0 bridgehead atoms. The molecule has 0 aromatic carbocycles. The molecule has 140 valence electrons. The summed E-state index contributed by atoms with van der Waals surface area (Å²) in [4.78, 5) is 41.0. The van der Waals surface area contributed by atoms with Gasteiger partial charge in [-0.15, -0.1) is 22.7 Å². The minimum atomic E-state index is -1.08. The first-order chi connectivity index (χ1) is 12.1. The van der Waals surface area contributed by atoms with Crippen LogP contribution in [0.5, 0.6) is 0 Å². The number of hydrogen-bond acceptors (Lipinski definition) is 7. The predicted molar refractivity (Wildman–Crippen MR) is 101 cm³/mol. The van der Waals surface area contributed by atoms with Crippen molar-refractivity contribution >= 4 is 40.6 Å². The Morgan fingerprint density at radius 3 is 2.62 bits per heavy atom. The van der Waals surface area contributed by atoms with Crippen molar-refractivity contribution in [3.8, 4) is 9.88 Å². The average Bonchev–Trinajstić information content (AvgIpc) is 3.15. The van der Waals surface area contributed by atoms with Crippen LogP contribution in [0.4, 0.5) is 4.79 Å². The zero-order valence-electron chi connectivity index (χ0n) is 15.0. The van der Waals surface area contributed by atoms with E-state index in [1.807, 2.05) is 17.5 Å². The van der Waals surface area contributed by atoms with Gasteiger partial charge in [-0.2, -0.15) is 0 Å². The fraction of sp³-hybridized carbons (Fsp3) is 0.412. The number of imide groups is 1.